The summed E-state index contributed by atoms with van der Waals surface area (Å²) in [5, 5.41) is 8.82. The molecule has 0 N–H and O–H groups in total. The van der Waals surface area contributed by atoms with Crippen LogP contribution in [0.5, 0.6) is 0 Å². The summed E-state index contributed by atoms with van der Waals surface area (Å²) in [4.78, 5) is 28.5. The highest BCUT2D eigenvalue weighted by molar-refractivity contribution is 8.18. The highest BCUT2D eigenvalue weighted by atomic mass is 32.2. The lowest BCUT2D eigenvalue weighted by atomic mass is 10.1. The number of benzene rings is 2. The van der Waals surface area contributed by atoms with E-state index >= 15 is 0 Å². The highest BCUT2D eigenvalue weighted by Gasteiger charge is 2.35. The highest BCUT2D eigenvalue weighted by Crippen LogP contribution is 2.34. The molecular formula is C23H20FN3O2S. The van der Waals surface area contributed by atoms with Crippen LogP contribution in [-0.2, 0) is 11.3 Å². The maximum atomic E-state index is 14.7. The number of carbonyl (C=O) groups excluding carboxylic acids is 2. The van der Waals surface area contributed by atoms with Gasteiger partial charge < -0.3 is 4.90 Å². The zero-order valence-electron chi connectivity index (χ0n) is 16.3. The first kappa shape index (κ1) is 20.2. The zero-order valence-corrected chi connectivity index (χ0v) is 17.1. The Balaban J connectivity index is 1.53. The molecule has 2 aliphatic heterocycles. The SMILES string of the molecule is N#Cc1ccccc1CN1C(=O)S/C(=C/c2ccc(N3CCCCC3)c(F)c2)C1=O. The van der Waals surface area contributed by atoms with Crippen molar-refractivity contribution in [3.63, 3.8) is 0 Å². The van der Waals surface area contributed by atoms with E-state index in [2.05, 4.69) is 6.07 Å². The number of rotatable bonds is 4. The minimum Gasteiger partial charge on any atom is -0.369 e. The quantitative estimate of drug-likeness (QED) is 0.656. The molecule has 2 aromatic rings. The number of anilines is 1. The summed E-state index contributed by atoms with van der Waals surface area (Å²) in [6.45, 7) is 1.73. The lowest BCUT2D eigenvalue weighted by Crippen LogP contribution is -2.30. The lowest BCUT2D eigenvalue weighted by molar-refractivity contribution is -0.123. The van der Waals surface area contributed by atoms with Crippen LogP contribution in [0.15, 0.2) is 47.4 Å². The third-order valence-electron chi connectivity index (χ3n) is 5.31. The molecular weight excluding hydrogens is 401 g/mol. The molecule has 5 nitrogen and oxygen atoms in total. The van der Waals surface area contributed by atoms with Crippen LogP contribution in [0, 0.1) is 17.1 Å². The number of halogens is 1. The summed E-state index contributed by atoms with van der Waals surface area (Å²) in [6.07, 6.45) is 4.84. The predicted molar refractivity (Wildman–Crippen MR) is 115 cm³/mol. The van der Waals surface area contributed by atoms with Crippen LogP contribution in [-0.4, -0.2) is 29.1 Å². The van der Waals surface area contributed by atoms with Crippen molar-refractivity contribution in [3.05, 3.63) is 69.9 Å². The number of hydrogen-bond donors (Lipinski definition) is 0. The van der Waals surface area contributed by atoms with Gasteiger partial charge in [-0.15, -0.1) is 0 Å². The molecule has 2 aromatic carbocycles. The number of nitriles is 1. The van der Waals surface area contributed by atoms with Gasteiger partial charge in [0, 0.05) is 13.1 Å². The molecule has 7 heteroatoms. The fourth-order valence-corrected chi connectivity index (χ4v) is 4.57. The van der Waals surface area contributed by atoms with Crippen LogP contribution in [0.3, 0.4) is 0 Å². The van der Waals surface area contributed by atoms with Gasteiger partial charge in [-0.25, -0.2) is 4.39 Å². The monoisotopic (exact) mass is 421 g/mol. The number of hydrogen-bond acceptors (Lipinski definition) is 5. The van der Waals surface area contributed by atoms with Crippen LogP contribution >= 0.6 is 11.8 Å². The van der Waals surface area contributed by atoms with E-state index in [1.807, 2.05) is 4.90 Å². The van der Waals surface area contributed by atoms with E-state index in [1.54, 1.807) is 42.5 Å². The van der Waals surface area contributed by atoms with Crippen molar-refractivity contribution in [2.75, 3.05) is 18.0 Å². The number of piperidine rings is 1. The van der Waals surface area contributed by atoms with Crippen molar-refractivity contribution in [3.8, 4) is 6.07 Å². The van der Waals surface area contributed by atoms with Crippen LogP contribution < -0.4 is 4.90 Å². The van der Waals surface area contributed by atoms with Crippen LogP contribution in [0.1, 0.15) is 36.0 Å². The fourth-order valence-electron chi connectivity index (χ4n) is 3.73. The van der Waals surface area contributed by atoms with Crippen molar-refractivity contribution in [2.24, 2.45) is 0 Å². The first-order chi connectivity index (χ1) is 14.6. The summed E-state index contributed by atoms with van der Waals surface area (Å²) in [7, 11) is 0. The standard InChI is InChI=1S/C23H20FN3O2S/c24-19-12-16(8-9-20(19)26-10-4-1-5-11-26)13-21-22(28)27(23(29)30-21)15-18-7-3-2-6-17(18)14-25/h2-3,6-9,12-13H,1,4-5,10-11,15H2/b21-13+. The average molecular weight is 421 g/mol. The Hall–Kier alpha value is -3.11. The predicted octanol–water partition coefficient (Wildman–Crippen LogP) is 4.92. The van der Waals surface area contributed by atoms with Gasteiger partial charge in [0.05, 0.1) is 28.8 Å². The van der Waals surface area contributed by atoms with Gasteiger partial charge in [-0.05, 0) is 66.4 Å². The average Bonchev–Trinajstić information content (AvgIpc) is 3.02. The van der Waals surface area contributed by atoms with Crippen molar-refractivity contribution in [1.82, 2.24) is 4.90 Å². The maximum Gasteiger partial charge on any atom is 0.293 e. The Morgan fingerprint density at radius 2 is 1.87 bits per heavy atom. The van der Waals surface area contributed by atoms with Gasteiger partial charge in [0.15, 0.2) is 0 Å². The number of amides is 2. The van der Waals surface area contributed by atoms with E-state index < -0.39 is 11.1 Å². The molecule has 0 unspecified atom stereocenters. The van der Waals surface area contributed by atoms with E-state index in [4.69, 9.17) is 0 Å². The molecule has 0 radical (unpaired) electrons. The van der Waals surface area contributed by atoms with Crippen LogP contribution in [0.2, 0.25) is 0 Å². The Morgan fingerprint density at radius 3 is 2.60 bits per heavy atom. The smallest absolute Gasteiger partial charge is 0.293 e. The molecule has 2 heterocycles. The van der Waals surface area contributed by atoms with Crippen molar-refractivity contribution in [1.29, 1.82) is 5.26 Å². The molecule has 0 aromatic heterocycles. The second-order valence-corrected chi connectivity index (χ2v) is 8.29. The van der Waals surface area contributed by atoms with Crippen LogP contribution in [0.4, 0.5) is 14.9 Å². The van der Waals surface area contributed by atoms with E-state index in [0.717, 1.165) is 42.6 Å². The van der Waals surface area contributed by atoms with Gasteiger partial charge in [0.25, 0.3) is 11.1 Å². The second-order valence-electron chi connectivity index (χ2n) is 7.30. The molecule has 2 aliphatic rings. The molecule has 2 saturated heterocycles. The largest absolute Gasteiger partial charge is 0.369 e. The summed E-state index contributed by atoms with van der Waals surface area (Å²) in [5.41, 5.74) is 2.15. The summed E-state index contributed by atoms with van der Waals surface area (Å²) < 4.78 is 14.7. The third-order valence-corrected chi connectivity index (χ3v) is 6.21. The van der Waals surface area contributed by atoms with Crippen molar-refractivity contribution >= 4 is 34.7 Å². The number of thioether (sulfide) groups is 1. The van der Waals surface area contributed by atoms with Crippen molar-refractivity contribution < 1.29 is 14.0 Å². The first-order valence-corrected chi connectivity index (χ1v) is 10.7. The number of nitrogens with zero attached hydrogens (tertiary/aromatic N) is 3. The number of carbonyl (C=O) groups is 2. The van der Waals surface area contributed by atoms with E-state index in [0.29, 0.717) is 22.4 Å². The van der Waals surface area contributed by atoms with Gasteiger partial charge in [0.2, 0.25) is 0 Å². The first-order valence-electron chi connectivity index (χ1n) is 9.84. The zero-order chi connectivity index (χ0) is 21.1. The van der Waals surface area contributed by atoms with Gasteiger partial charge in [0.1, 0.15) is 5.82 Å². The molecule has 0 aliphatic carbocycles. The minimum absolute atomic E-state index is 0.0357. The van der Waals surface area contributed by atoms with E-state index in [-0.39, 0.29) is 17.3 Å². The Labute approximate surface area is 178 Å². The van der Waals surface area contributed by atoms with Gasteiger partial charge in [-0.3, -0.25) is 14.5 Å². The Bertz CT molecular complexity index is 1070. The fraction of sp³-hybridized carbons (Fsp3) is 0.261. The molecule has 0 spiro atoms. The van der Waals surface area contributed by atoms with E-state index in [1.165, 1.54) is 12.5 Å². The van der Waals surface area contributed by atoms with Gasteiger partial charge >= 0.3 is 0 Å². The molecule has 0 atom stereocenters. The second kappa shape index (κ2) is 8.72. The lowest BCUT2D eigenvalue weighted by Gasteiger charge is -2.29. The van der Waals surface area contributed by atoms with E-state index in [9.17, 15) is 19.2 Å². The molecule has 0 bridgehead atoms. The molecule has 152 valence electrons. The van der Waals surface area contributed by atoms with Gasteiger partial charge in [-0.2, -0.15) is 5.26 Å². The summed E-state index contributed by atoms with van der Waals surface area (Å²) in [5.74, 6) is -0.758. The molecule has 2 amide bonds. The number of imide groups is 1. The third kappa shape index (κ3) is 4.10. The Morgan fingerprint density at radius 1 is 1.10 bits per heavy atom. The summed E-state index contributed by atoms with van der Waals surface area (Å²) >= 11 is 0.830. The topological polar surface area (TPSA) is 64.4 Å². The minimum atomic E-state index is -0.432. The normalized spacial score (nSPS) is 18.2. The molecule has 2 fully saturated rings. The van der Waals surface area contributed by atoms with Crippen LogP contribution in [0.25, 0.3) is 6.08 Å². The Kier molecular flexibility index (Phi) is 5.86. The molecule has 4 rings (SSSR count). The maximum absolute atomic E-state index is 14.7. The summed E-state index contributed by atoms with van der Waals surface area (Å²) in [6, 6.07) is 13.9. The van der Waals surface area contributed by atoms with Crippen molar-refractivity contribution in [2.45, 2.75) is 25.8 Å². The molecule has 30 heavy (non-hydrogen) atoms. The van der Waals surface area contributed by atoms with Gasteiger partial charge in [-0.1, -0.05) is 24.3 Å². The molecule has 0 saturated carbocycles.